The van der Waals surface area contributed by atoms with Crippen molar-refractivity contribution in [3.8, 4) is 0 Å². The summed E-state index contributed by atoms with van der Waals surface area (Å²) in [5.41, 5.74) is 0.683. The molecule has 0 saturated carbocycles. The normalized spacial score (nSPS) is 9.31. The number of hydrogen-bond acceptors (Lipinski definition) is 1. The number of halogens is 1. The molecule has 0 radical (unpaired) electrons. The maximum absolute atomic E-state index is 11.4. The minimum absolute atomic E-state index is 0.0590. The molecule has 0 spiro atoms. The highest BCUT2D eigenvalue weighted by atomic mass is 125. The van der Waals surface area contributed by atoms with Crippen molar-refractivity contribution in [1.82, 2.24) is 5.32 Å². The first-order chi connectivity index (χ1) is 6.24. The average Bonchev–Trinajstić information content (AvgIpc) is 2.15. The van der Waals surface area contributed by atoms with Crippen molar-refractivity contribution < 1.29 is 4.79 Å². The fraction of sp³-hybridized carbons (Fsp3) is 0.100. The highest BCUT2D eigenvalue weighted by Crippen LogP contribution is 2.06. The Bertz CT molecular complexity index is 305. The molecular formula is C10H10INO. The lowest BCUT2D eigenvalue weighted by molar-refractivity contribution is 0.0958. The maximum atomic E-state index is 11.4. The molecule has 0 unspecified atom stereocenters. The molecule has 1 amide bonds. The Morgan fingerprint density at radius 1 is 1.46 bits per heavy atom. The molecule has 0 saturated heterocycles. The van der Waals surface area contributed by atoms with E-state index in [-0.39, 0.29) is 5.91 Å². The van der Waals surface area contributed by atoms with Gasteiger partial charge in [0.25, 0.3) is 5.91 Å². The Labute approximate surface area is 91.2 Å². The van der Waals surface area contributed by atoms with Gasteiger partial charge in [0, 0.05) is 15.7 Å². The van der Waals surface area contributed by atoms with Crippen LogP contribution in [0.1, 0.15) is 10.4 Å². The summed E-state index contributed by atoms with van der Waals surface area (Å²) < 4.78 is 1.12. The van der Waals surface area contributed by atoms with Crippen molar-refractivity contribution in [1.29, 1.82) is 0 Å². The van der Waals surface area contributed by atoms with Crippen molar-refractivity contribution in [2.45, 2.75) is 0 Å². The number of benzene rings is 1. The Morgan fingerprint density at radius 3 is 2.62 bits per heavy atom. The monoisotopic (exact) mass is 285 g/mol. The molecular weight excluding hydrogens is 275 g/mol. The summed E-state index contributed by atoms with van der Waals surface area (Å²) in [5, 5.41) is 2.71. The Hall–Kier alpha value is -0.840. The lowest BCUT2D eigenvalue weighted by Crippen LogP contribution is -2.22. The predicted molar refractivity (Wildman–Crippen MR) is 61.7 cm³/mol. The summed E-state index contributed by atoms with van der Waals surface area (Å²) >= 11 is 2.20. The molecule has 2 nitrogen and oxygen atoms in total. The summed E-state index contributed by atoms with van der Waals surface area (Å²) in [6, 6.07) is 7.42. The van der Waals surface area contributed by atoms with Crippen LogP contribution in [-0.4, -0.2) is 12.5 Å². The molecule has 0 aliphatic heterocycles. The molecule has 0 bridgehead atoms. The molecule has 1 aromatic carbocycles. The molecule has 1 rings (SSSR count). The van der Waals surface area contributed by atoms with Crippen molar-refractivity contribution in [3.63, 3.8) is 0 Å². The zero-order valence-electron chi connectivity index (χ0n) is 7.09. The predicted octanol–water partition coefficient (Wildman–Crippen LogP) is 2.21. The van der Waals surface area contributed by atoms with Crippen molar-refractivity contribution in [2.75, 3.05) is 6.54 Å². The zero-order chi connectivity index (χ0) is 9.68. The second-order valence-corrected chi connectivity index (χ2v) is 3.75. The largest absolute Gasteiger partial charge is 0.349 e. The molecule has 0 aliphatic rings. The van der Waals surface area contributed by atoms with Gasteiger partial charge >= 0.3 is 0 Å². The fourth-order valence-corrected chi connectivity index (χ4v) is 1.23. The van der Waals surface area contributed by atoms with Gasteiger partial charge in [0.15, 0.2) is 0 Å². The minimum Gasteiger partial charge on any atom is -0.349 e. The molecule has 68 valence electrons. The molecule has 13 heavy (non-hydrogen) atoms. The summed E-state index contributed by atoms with van der Waals surface area (Å²) in [6.07, 6.45) is 1.66. The van der Waals surface area contributed by atoms with E-state index in [0.717, 1.165) is 3.57 Å². The molecule has 0 aromatic heterocycles. The Balaban J connectivity index is 2.66. The molecule has 1 N–H and O–H groups in total. The molecule has 0 atom stereocenters. The number of nitrogens with one attached hydrogen (secondary N) is 1. The third-order valence-corrected chi connectivity index (χ3v) is 2.23. The van der Waals surface area contributed by atoms with Crippen molar-refractivity contribution in [3.05, 3.63) is 46.1 Å². The van der Waals surface area contributed by atoms with Crippen LogP contribution in [0.25, 0.3) is 0 Å². The van der Waals surface area contributed by atoms with Gasteiger partial charge in [-0.25, -0.2) is 0 Å². The first-order valence-electron chi connectivity index (χ1n) is 3.88. The van der Waals surface area contributed by atoms with E-state index in [9.17, 15) is 4.79 Å². The standard InChI is InChI=1S/C10H10INO/c1-2-7-12-10(13)8-3-5-9(11)6-4-8/h2-6H,1,7H2,(H,12,13)/i11-2. The summed E-state index contributed by atoms with van der Waals surface area (Å²) in [5.74, 6) is -0.0590. The Morgan fingerprint density at radius 2 is 2.08 bits per heavy atom. The van der Waals surface area contributed by atoms with Gasteiger partial charge in [-0.15, -0.1) is 6.58 Å². The second-order valence-electron chi connectivity index (χ2n) is 2.51. The topological polar surface area (TPSA) is 29.1 Å². The van der Waals surface area contributed by atoms with E-state index < -0.39 is 0 Å². The summed E-state index contributed by atoms with van der Waals surface area (Å²) in [6.45, 7) is 4.03. The van der Waals surface area contributed by atoms with Crippen LogP contribution in [0.2, 0.25) is 0 Å². The summed E-state index contributed by atoms with van der Waals surface area (Å²) in [4.78, 5) is 11.4. The smallest absolute Gasteiger partial charge is 0.251 e. The van der Waals surface area contributed by atoms with E-state index in [1.807, 2.05) is 12.1 Å². The van der Waals surface area contributed by atoms with Crippen LogP contribution >= 0.6 is 22.6 Å². The van der Waals surface area contributed by atoms with Gasteiger partial charge < -0.3 is 5.32 Å². The van der Waals surface area contributed by atoms with Gasteiger partial charge in [0.2, 0.25) is 0 Å². The van der Waals surface area contributed by atoms with E-state index in [0.29, 0.717) is 12.1 Å². The fourth-order valence-electron chi connectivity index (χ4n) is 0.868. The van der Waals surface area contributed by atoms with Crippen LogP contribution in [0.3, 0.4) is 0 Å². The van der Waals surface area contributed by atoms with E-state index in [1.165, 1.54) is 0 Å². The van der Waals surface area contributed by atoms with Crippen LogP contribution in [0.5, 0.6) is 0 Å². The van der Waals surface area contributed by atoms with Crippen LogP contribution in [-0.2, 0) is 0 Å². The first kappa shape index (κ1) is 10.2. The third kappa shape index (κ3) is 3.18. The van der Waals surface area contributed by atoms with Crippen LogP contribution in [0.15, 0.2) is 36.9 Å². The third-order valence-electron chi connectivity index (χ3n) is 1.51. The van der Waals surface area contributed by atoms with E-state index in [1.54, 1.807) is 18.2 Å². The molecule has 0 heterocycles. The number of rotatable bonds is 3. The van der Waals surface area contributed by atoms with Gasteiger partial charge in [-0.3, -0.25) is 4.79 Å². The van der Waals surface area contributed by atoms with Gasteiger partial charge in [0.05, 0.1) is 0 Å². The maximum Gasteiger partial charge on any atom is 0.251 e. The molecule has 0 aliphatic carbocycles. The van der Waals surface area contributed by atoms with E-state index in [4.69, 9.17) is 0 Å². The number of carbonyl (C=O) groups excluding carboxylic acids is 1. The lowest BCUT2D eigenvalue weighted by atomic mass is 10.2. The van der Waals surface area contributed by atoms with Crippen molar-refractivity contribution >= 4 is 28.5 Å². The lowest BCUT2D eigenvalue weighted by Gasteiger charge is -2.01. The van der Waals surface area contributed by atoms with Gasteiger partial charge in [-0.2, -0.15) is 0 Å². The molecule has 1 aromatic rings. The van der Waals surface area contributed by atoms with Crippen LogP contribution in [0, 0.1) is 3.57 Å². The van der Waals surface area contributed by atoms with E-state index >= 15 is 0 Å². The Kier molecular flexibility index (Phi) is 3.95. The quantitative estimate of drug-likeness (QED) is 0.669. The SMILES string of the molecule is C=CCNC(=O)c1ccc([125I])cc1. The van der Waals surface area contributed by atoms with Crippen LogP contribution in [0.4, 0.5) is 0 Å². The highest BCUT2D eigenvalue weighted by Gasteiger charge is 2.01. The molecule has 0 fully saturated rings. The molecule has 3 heteroatoms. The zero-order valence-corrected chi connectivity index (χ0v) is 9.24. The van der Waals surface area contributed by atoms with Gasteiger partial charge in [-0.05, 0) is 46.9 Å². The first-order valence-corrected chi connectivity index (χ1v) is 4.96. The number of hydrogen-bond donors (Lipinski definition) is 1. The summed E-state index contributed by atoms with van der Waals surface area (Å²) in [7, 11) is 0. The minimum atomic E-state index is -0.0590. The number of amides is 1. The highest BCUT2D eigenvalue weighted by molar-refractivity contribution is 14.1. The van der Waals surface area contributed by atoms with Gasteiger partial charge in [0.1, 0.15) is 0 Å². The average molecular weight is 285 g/mol. The van der Waals surface area contributed by atoms with Gasteiger partial charge in [-0.1, -0.05) is 6.08 Å². The van der Waals surface area contributed by atoms with Crippen LogP contribution < -0.4 is 5.32 Å². The number of carbonyl (C=O) groups is 1. The van der Waals surface area contributed by atoms with E-state index in [2.05, 4.69) is 34.5 Å². The second kappa shape index (κ2) is 5.01. The van der Waals surface area contributed by atoms with Crippen molar-refractivity contribution in [2.24, 2.45) is 0 Å².